The summed E-state index contributed by atoms with van der Waals surface area (Å²) in [5.74, 6) is 2.45. The smallest absolute Gasteiger partial charge is 0.170 e. The third kappa shape index (κ3) is 5.95. The van der Waals surface area contributed by atoms with Crippen LogP contribution < -0.4 is 20.1 Å². The fourth-order valence-electron chi connectivity index (χ4n) is 3.11. The Balaban J connectivity index is 1.56. The topological polar surface area (TPSA) is 45.8 Å². The molecule has 0 bridgehead atoms. The highest BCUT2D eigenvalue weighted by atomic mass is 32.1. The Morgan fingerprint density at radius 2 is 1.53 bits per heavy atom. The molecular formula is C24H27N3O2S. The molecule has 0 radical (unpaired) electrons. The molecule has 30 heavy (non-hydrogen) atoms. The second-order valence-corrected chi connectivity index (χ2v) is 7.40. The number of para-hydroxylation sites is 2. The maximum atomic E-state index is 5.82. The van der Waals surface area contributed by atoms with E-state index in [1.807, 2.05) is 86.9 Å². The Kier molecular flexibility index (Phi) is 7.65. The van der Waals surface area contributed by atoms with Crippen LogP contribution >= 0.6 is 12.2 Å². The lowest BCUT2D eigenvalue weighted by Crippen LogP contribution is -2.36. The summed E-state index contributed by atoms with van der Waals surface area (Å²) in [6.45, 7) is 0.647. The molecule has 0 aliphatic rings. The highest BCUT2D eigenvalue weighted by Gasteiger charge is 2.18. The van der Waals surface area contributed by atoms with Gasteiger partial charge >= 0.3 is 0 Å². The first-order chi connectivity index (χ1) is 14.6. The van der Waals surface area contributed by atoms with Crippen LogP contribution in [0.15, 0.2) is 78.9 Å². The average Bonchev–Trinajstić information content (AvgIpc) is 2.76. The van der Waals surface area contributed by atoms with E-state index in [4.69, 9.17) is 21.7 Å². The zero-order valence-corrected chi connectivity index (χ0v) is 18.3. The Morgan fingerprint density at radius 3 is 2.20 bits per heavy atom. The molecule has 1 unspecified atom stereocenters. The van der Waals surface area contributed by atoms with Gasteiger partial charge < -0.3 is 25.0 Å². The van der Waals surface area contributed by atoms with Crippen LogP contribution in [0.4, 0.5) is 5.69 Å². The fourth-order valence-corrected chi connectivity index (χ4v) is 3.31. The van der Waals surface area contributed by atoms with Gasteiger partial charge in [-0.2, -0.15) is 0 Å². The molecular weight excluding hydrogens is 394 g/mol. The van der Waals surface area contributed by atoms with Crippen LogP contribution in [0.2, 0.25) is 0 Å². The number of anilines is 1. The second kappa shape index (κ2) is 10.6. The normalized spacial score (nSPS) is 11.6. The number of thiocarbonyl (C=S) groups is 1. The zero-order chi connectivity index (χ0) is 21.3. The van der Waals surface area contributed by atoms with E-state index in [-0.39, 0.29) is 6.04 Å². The van der Waals surface area contributed by atoms with Crippen molar-refractivity contribution < 1.29 is 9.47 Å². The number of rotatable bonds is 8. The number of likely N-dealkylation sites (N-methyl/N-ethyl adjacent to an activating group) is 1. The van der Waals surface area contributed by atoms with Gasteiger partial charge in [0.05, 0.1) is 13.2 Å². The number of nitrogens with one attached hydrogen (secondary N) is 2. The van der Waals surface area contributed by atoms with Crippen molar-refractivity contribution in [1.82, 2.24) is 10.2 Å². The number of benzene rings is 3. The molecule has 6 heteroatoms. The van der Waals surface area contributed by atoms with Crippen LogP contribution in [0.1, 0.15) is 11.6 Å². The van der Waals surface area contributed by atoms with E-state index in [0.717, 1.165) is 28.5 Å². The Labute approximate surface area is 183 Å². The summed E-state index contributed by atoms with van der Waals surface area (Å²) in [5, 5.41) is 7.09. The number of hydrogen-bond acceptors (Lipinski definition) is 4. The minimum absolute atomic E-state index is 0.113. The van der Waals surface area contributed by atoms with Crippen LogP contribution in [0, 0.1) is 0 Å². The zero-order valence-electron chi connectivity index (χ0n) is 17.5. The van der Waals surface area contributed by atoms with Crippen molar-refractivity contribution in [3.8, 4) is 17.2 Å². The van der Waals surface area contributed by atoms with E-state index >= 15 is 0 Å². The van der Waals surface area contributed by atoms with Crippen molar-refractivity contribution in [2.24, 2.45) is 0 Å². The van der Waals surface area contributed by atoms with Crippen LogP contribution in [-0.4, -0.2) is 37.8 Å². The minimum Gasteiger partial charge on any atom is -0.496 e. The number of methoxy groups -OCH3 is 1. The Bertz CT molecular complexity index is 946. The summed E-state index contributed by atoms with van der Waals surface area (Å²) in [6, 6.07) is 25.6. The van der Waals surface area contributed by atoms with Crippen molar-refractivity contribution in [1.29, 1.82) is 0 Å². The first-order valence-electron chi connectivity index (χ1n) is 9.74. The van der Waals surface area contributed by atoms with Gasteiger partial charge in [0, 0.05) is 17.8 Å². The monoisotopic (exact) mass is 421 g/mol. The highest BCUT2D eigenvalue weighted by molar-refractivity contribution is 7.80. The molecule has 0 fully saturated rings. The maximum Gasteiger partial charge on any atom is 0.170 e. The van der Waals surface area contributed by atoms with Gasteiger partial charge in [-0.25, -0.2) is 0 Å². The van der Waals surface area contributed by atoms with Gasteiger partial charge in [0.25, 0.3) is 0 Å². The van der Waals surface area contributed by atoms with Crippen LogP contribution in [0.25, 0.3) is 0 Å². The first-order valence-corrected chi connectivity index (χ1v) is 10.1. The molecule has 0 saturated carbocycles. The second-order valence-electron chi connectivity index (χ2n) is 7.00. The summed E-state index contributed by atoms with van der Waals surface area (Å²) >= 11 is 5.49. The van der Waals surface area contributed by atoms with Gasteiger partial charge in [-0.3, -0.25) is 0 Å². The van der Waals surface area contributed by atoms with Crippen molar-refractivity contribution in [2.75, 3.05) is 33.1 Å². The van der Waals surface area contributed by atoms with Gasteiger partial charge in [-0.05, 0) is 68.8 Å². The molecule has 2 N–H and O–H groups in total. The van der Waals surface area contributed by atoms with E-state index in [2.05, 4.69) is 21.6 Å². The Hall–Kier alpha value is -3.09. The SMILES string of the molecule is COc1ccccc1C(CNC(=S)Nc1ccc(Oc2ccccc2)cc1)N(C)C. The summed E-state index contributed by atoms with van der Waals surface area (Å²) < 4.78 is 11.3. The largest absolute Gasteiger partial charge is 0.496 e. The van der Waals surface area contributed by atoms with Gasteiger partial charge in [0.2, 0.25) is 0 Å². The summed E-state index contributed by atoms with van der Waals surface area (Å²) in [5.41, 5.74) is 2.01. The van der Waals surface area contributed by atoms with Gasteiger partial charge in [0.15, 0.2) is 5.11 Å². The average molecular weight is 422 g/mol. The van der Waals surface area contributed by atoms with Crippen LogP contribution in [0.5, 0.6) is 17.2 Å². The molecule has 3 aromatic carbocycles. The summed E-state index contributed by atoms with van der Waals surface area (Å²) in [7, 11) is 5.78. The predicted molar refractivity (Wildman–Crippen MR) is 127 cm³/mol. The van der Waals surface area contributed by atoms with Crippen LogP contribution in [-0.2, 0) is 0 Å². The molecule has 0 aromatic heterocycles. The summed E-state index contributed by atoms with van der Waals surface area (Å²) in [6.07, 6.45) is 0. The van der Waals surface area contributed by atoms with Gasteiger partial charge in [-0.1, -0.05) is 36.4 Å². The van der Waals surface area contributed by atoms with Crippen molar-refractivity contribution in [3.63, 3.8) is 0 Å². The quantitative estimate of drug-likeness (QED) is 0.495. The molecule has 1 atom stereocenters. The summed E-state index contributed by atoms with van der Waals surface area (Å²) in [4.78, 5) is 2.14. The molecule has 0 amide bonds. The maximum absolute atomic E-state index is 5.82. The Morgan fingerprint density at radius 1 is 0.900 bits per heavy atom. The highest BCUT2D eigenvalue weighted by Crippen LogP contribution is 2.27. The first kappa shape index (κ1) is 21.6. The van der Waals surface area contributed by atoms with Crippen molar-refractivity contribution in [2.45, 2.75) is 6.04 Å². The van der Waals surface area contributed by atoms with Gasteiger partial charge in [0.1, 0.15) is 17.2 Å². The van der Waals surface area contributed by atoms with Crippen molar-refractivity contribution in [3.05, 3.63) is 84.4 Å². The lowest BCUT2D eigenvalue weighted by molar-refractivity contribution is 0.288. The number of nitrogens with zero attached hydrogens (tertiary/aromatic N) is 1. The lowest BCUT2D eigenvalue weighted by atomic mass is 10.0. The minimum atomic E-state index is 0.113. The number of ether oxygens (including phenoxy) is 2. The van der Waals surface area contributed by atoms with Crippen LogP contribution in [0.3, 0.4) is 0 Å². The standard InChI is InChI=1S/C24H27N3O2S/c1-27(2)22(21-11-7-8-12-23(21)28-3)17-25-24(30)26-18-13-15-20(16-14-18)29-19-9-5-4-6-10-19/h4-16,22H,17H2,1-3H3,(H2,25,26,30). The van der Waals surface area contributed by atoms with E-state index in [0.29, 0.717) is 11.7 Å². The predicted octanol–water partition coefficient (Wildman–Crippen LogP) is 5.08. The number of hydrogen-bond donors (Lipinski definition) is 2. The molecule has 5 nitrogen and oxygen atoms in total. The van der Waals surface area contributed by atoms with E-state index in [9.17, 15) is 0 Å². The van der Waals surface area contributed by atoms with E-state index in [1.165, 1.54) is 0 Å². The molecule has 156 valence electrons. The molecule has 0 spiro atoms. The third-order valence-corrected chi connectivity index (χ3v) is 4.91. The fraction of sp³-hybridized carbons (Fsp3) is 0.208. The molecule has 0 saturated heterocycles. The van der Waals surface area contributed by atoms with Gasteiger partial charge in [-0.15, -0.1) is 0 Å². The lowest BCUT2D eigenvalue weighted by Gasteiger charge is -2.27. The molecule has 3 rings (SSSR count). The molecule has 3 aromatic rings. The van der Waals surface area contributed by atoms with E-state index in [1.54, 1.807) is 7.11 Å². The molecule has 0 aliphatic heterocycles. The molecule has 0 heterocycles. The van der Waals surface area contributed by atoms with Crippen molar-refractivity contribution >= 4 is 23.0 Å². The van der Waals surface area contributed by atoms with E-state index < -0.39 is 0 Å². The molecule has 0 aliphatic carbocycles. The third-order valence-electron chi connectivity index (χ3n) is 4.67.